The molecule has 4 atom stereocenters. The molecule has 2 fully saturated rings. The zero-order valence-electron chi connectivity index (χ0n) is 22.2. The number of thiazole rings is 1. The van der Waals surface area contributed by atoms with Crippen LogP contribution in [0.3, 0.4) is 0 Å². The molecular weight excluding hydrogens is 518 g/mol. The molecule has 1 aromatic carbocycles. The Kier molecular flexibility index (Phi) is 7.94. The average molecular weight is 552 g/mol. The van der Waals surface area contributed by atoms with Gasteiger partial charge in [0.15, 0.2) is 5.13 Å². The second kappa shape index (κ2) is 11.4. The molecule has 0 saturated carbocycles. The first-order valence-electron chi connectivity index (χ1n) is 13.0. The van der Waals surface area contributed by atoms with E-state index < -0.39 is 11.5 Å². The number of morpholine rings is 1. The van der Waals surface area contributed by atoms with Crippen molar-refractivity contribution in [3.63, 3.8) is 0 Å². The van der Waals surface area contributed by atoms with Crippen molar-refractivity contribution in [2.45, 2.75) is 44.5 Å². The van der Waals surface area contributed by atoms with Gasteiger partial charge in [0.25, 0.3) is 5.91 Å². The number of anilines is 2. The third-order valence-corrected chi connectivity index (χ3v) is 7.86. The summed E-state index contributed by atoms with van der Waals surface area (Å²) < 4.78 is 11.2. The number of aliphatic hydroxyl groups excluding tert-OH is 1. The van der Waals surface area contributed by atoms with Gasteiger partial charge in [0.05, 0.1) is 43.8 Å². The van der Waals surface area contributed by atoms with Gasteiger partial charge >= 0.3 is 0 Å². The molecule has 2 aromatic heterocycles. The van der Waals surface area contributed by atoms with Crippen LogP contribution in [-0.2, 0) is 19.7 Å². The third kappa shape index (κ3) is 6.11. The fourth-order valence-electron chi connectivity index (χ4n) is 4.94. The molecule has 3 N–H and O–H groups in total. The maximum absolute atomic E-state index is 12.7. The standard InChI is InChI=1S/C28H33N5O5S/c1-17-12-33(13-18(2)38-17)24-9-5-8-21(30-24)22-15-39-27(31-22)32-25(35)11-29-26(36)19-6-4-7-20(10-19)28(3)16-37-14-23(28)34/h4-10,15,17-18,23,34H,11-14,16H2,1-3H3,(H,29,36)(H,31,32,35)/t17-,18+,23-,28+/m0/s1. The molecule has 206 valence electrons. The molecule has 0 bridgehead atoms. The minimum Gasteiger partial charge on any atom is -0.390 e. The second-order valence-corrected chi connectivity index (χ2v) is 11.2. The van der Waals surface area contributed by atoms with Crippen LogP contribution in [0.4, 0.5) is 10.9 Å². The molecule has 10 nitrogen and oxygen atoms in total. The molecule has 2 saturated heterocycles. The number of carbonyl (C=O) groups is 2. The summed E-state index contributed by atoms with van der Waals surface area (Å²) in [4.78, 5) is 36.8. The van der Waals surface area contributed by atoms with Crippen LogP contribution in [-0.4, -0.2) is 78.0 Å². The average Bonchev–Trinajstić information content (AvgIpc) is 3.53. The Hall–Kier alpha value is -3.38. The number of nitrogens with one attached hydrogen (secondary N) is 2. The van der Waals surface area contributed by atoms with Crippen molar-refractivity contribution in [1.82, 2.24) is 15.3 Å². The summed E-state index contributed by atoms with van der Waals surface area (Å²) in [6.07, 6.45) is -0.389. The number of rotatable bonds is 7. The number of ether oxygens (including phenoxy) is 2. The number of hydrogen-bond donors (Lipinski definition) is 3. The Morgan fingerprint density at radius 1 is 1.13 bits per heavy atom. The molecule has 2 aliphatic rings. The van der Waals surface area contributed by atoms with Crippen LogP contribution < -0.4 is 15.5 Å². The molecule has 39 heavy (non-hydrogen) atoms. The van der Waals surface area contributed by atoms with Crippen molar-refractivity contribution in [3.8, 4) is 11.4 Å². The molecule has 0 spiro atoms. The predicted molar refractivity (Wildman–Crippen MR) is 149 cm³/mol. The van der Waals surface area contributed by atoms with Crippen molar-refractivity contribution < 1.29 is 24.2 Å². The van der Waals surface area contributed by atoms with Gasteiger partial charge in [0, 0.05) is 29.4 Å². The normalized spacial score (nSPS) is 24.9. The van der Waals surface area contributed by atoms with E-state index in [0.717, 1.165) is 30.2 Å². The van der Waals surface area contributed by atoms with E-state index in [1.54, 1.807) is 18.2 Å². The highest BCUT2D eigenvalue weighted by Crippen LogP contribution is 2.33. The Labute approximate surface area is 231 Å². The Balaban J connectivity index is 1.17. The van der Waals surface area contributed by atoms with Gasteiger partial charge in [-0.2, -0.15) is 0 Å². The molecule has 5 rings (SSSR count). The van der Waals surface area contributed by atoms with Gasteiger partial charge in [0.1, 0.15) is 11.5 Å². The van der Waals surface area contributed by atoms with E-state index in [1.165, 1.54) is 11.3 Å². The van der Waals surface area contributed by atoms with Gasteiger partial charge in [-0.1, -0.05) is 25.1 Å². The van der Waals surface area contributed by atoms with Crippen LogP contribution in [0.25, 0.3) is 11.4 Å². The van der Waals surface area contributed by atoms with Crippen molar-refractivity contribution in [2.24, 2.45) is 0 Å². The van der Waals surface area contributed by atoms with Crippen molar-refractivity contribution in [2.75, 3.05) is 43.1 Å². The first-order valence-corrected chi connectivity index (χ1v) is 13.9. The highest BCUT2D eigenvalue weighted by atomic mass is 32.1. The third-order valence-electron chi connectivity index (χ3n) is 7.10. The zero-order valence-corrected chi connectivity index (χ0v) is 23.0. The van der Waals surface area contributed by atoms with Crippen LogP contribution in [0.5, 0.6) is 0 Å². The van der Waals surface area contributed by atoms with E-state index in [2.05, 4.69) is 34.4 Å². The Morgan fingerprint density at radius 3 is 2.64 bits per heavy atom. The van der Waals surface area contributed by atoms with E-state index in [9.17, 15) is 14.7 Å². The second-order valence-electron chi connectivity index (χ2n) is 10.3. The van der Waals surface area contributed by atoms with Crippen LogP contribution in [0, 0.1) is 0 Å². The molecular formula is C28H33N5O5S. The Bertz CT molecular complexity index is 1340. The molecule has 2 amide bonds. The summed E-state index contributed by atoms with van der Waals surface area (Å²) in [5, 5.41) is 18.0. The lowest BCUT2D eigenvalue weighted by atomic mass is 9.79. The van der Waals surface area contributed by atoms with E-state index >= 15 is 0 Å². The monoisotopic (exact) mass is 551 g/mol. The van der Waals surface area contributed by atoms with Crippen molar-refractivity contribution in [1.29, 1.82) is 0 Å². The van der Waals surface area contributed by atoms with Gasteiger partial charge < -0.3 is 30.1 Å². The fraction of sp³-hybridized carbons (Fsp3) is 0.429. The van der Waals surface area contributed by atoms with Gasteiger partial charge in [-0.3, -0.25) is 9.59 Å². The lowest BCUT2D eigenvalue weighted by Gasteiger charge is -2.36. The summed E-state index contributed by atoms with van der Waals surface area (Å²) in [7, 11) is 0. The number of hydrogen-bond acceptors (Lipinski definition) is 9. The number of benzene rings is 1. The lowest BCUT2D eigenvalue weighted by Crippen LogP contribution is -2.45. The van der Waals surface area contributed by atoms with E-state index in [-0.39, 0.29) is 37.2 Å². The maximum atomic E-state index is 12.7. The number of nitrogens with zero attached hydrogens (tertiary/aromatic N) is 3. The minimum atomic E-state index is -0.644. The van der Waals surface area contributed by atoms with E-state index in [4.69, 9.17) is 14.5 Å². The lowest BCUT2D eigenvalue weighted by molar-refractivity contribution is -0.115. The SMILES string of the molecule is C[C@@H]1CN(c2cccc(-c3csc(NC(=O)CNC(=O)c4cccc([C@@]5(C)COC[C@@H]5O)c4)n3)n2)C[C@H](C)O1. The van der Waals surface area contributed by atoms with Crippen LogP contribution in [0.2, 0.25) is 0 Å². The van der Waals surface area contributed by atoms with E-state index in [1.807, 2.05) is 36.6 Å². The van der Waals surface area contributed by atoms with Crippen LogP contribution in [0.15, 0.2) is 47.8 Å². The van der Waals surface area contributed by atoms with Crippen molar-refractivity contribution in [3.05, 3.63) is 59.0 Å². The number of carbonyl (C=O) groups excluding carboxylic acids is 2. The number of aliphatic hydroxyl groups is 1. The first-order chi connectivity index (χ1) is 18.7. The molecule has 3 aromatic rings. The quantitative estimate of drug-likeness (QED) is 0.409. The molecule has 2 aliphatic heterocycles. The molecule has 11 heteroatoms. The molecule has 0 unspecified atom stereocenters. The molecule has 0 aliphatic carbocycles. The smallest absolute Gasteiger partial charge is 0.251 e. The summed E-state index contributed by atoms with van der Waals surface area (Å²) >= 11 is 1.30. The van der Waals surface area contributed by atoms with Gasteiger partial charge in [-0.15, -0.1) is 11.3 Å². The highest BCUT2D eigenvalue weighted by Gasteiger charge is 2.40. The van der Waals surface area contributed by atoms with Gasteiger partial charge in [0.2, 0.25) is 5.91 Å². The summed E-state index contributed by atoms with van der Waals surface area (Å²) in [6, 6.07) is 12.9. The van der Waals surface area contributed by atoms with Crippen molar-refractivity contribution >= 4 is 34.1 Å². The van der Waals surface area contributed by atoms with Crippen LogP contribution in [0.1, 0.15) is 36.7 Å². The van der Waals surface area contributed by atoms with Gasteiger partial charge in [-0.25, -0.2) is 9.97 Å². The number of amides is 2. The zero-order chi connectivity index (χ0) is 27.6. The maximum Gasteiger partial charge on any atom is 0.251 e. The minimum absolute atomic E-state index is 0.128. The Morgan fingerprint density at radius 2 is 1.90 bits per heavy atom. The summed E-state index contributed by atoms with van der Waals surface area (Å²) in [5.41, 5.74) is 2.03. The van der Waals surface area contributed by atoms with E-state index in [0.29, 0.717) is 23.0 Å². The highest BCUT2D eigenvalue weighted by molar-refractivity contribution is 7.14. The van der Waals surface area contributed by atoms with Crippen LogP contribution >= 0.6 is 11.3 Å². The first kappa shape index (κ1) is 27.2. The largest absolute Gasteiger partial charge is 0.390 e. The predicted octanol–water partition coefficient (Wildman–Crippen LogP) is 2.84. The fourth-order valence-corrected chi connectivity index (χ4v) is 5.66. The van der Waals surface area contributed by atoms with Gasteiger partial charge in [-0.05, 0) is 43.7 Å². The topological polar surface area (TPSA) is 126 Å². The molecule has 0 radical (unpaired) electrons. The summed E-state index contributed by atoms with van der Waals surface area (Å²) in [6.45, 7) is 7.99. The summed E-state index contributed by atoms with van der Waals surface area (Å²) in [5.74, 6) is 0.102. The molecule has 4 heterocycles. The number of pyridine rings is 1. The number of aromatic nitrogens is 2.